The van der Waals surface area contributed by atoms with Crippen LogP contribution in [0.4, 0.5) is 0 Å². The van der Waals surface area contributed by atoms with Crippen molar-refractivity contribution in [2.45, 2.75) is 6.04 Å². The zero-order valence-corrected chi connectivity index (χ0v) is 12.7. The zero-order valence-electron chi connectivity index (χ0n) is 11.9. The summed E-state index contributed by atoms with van der Waals surface area (Å²) in [7, 11) is 0. The number of hydrogen-bond donors (Lipinski definition) is 1. The molecule has 1 aromatic carbocycles. The Morgan fingerprint density at radius 1 is 1.33 bits per heavy atom. The first-order valence-corrected chi connectivity index (χ1v) is 7.71. The number of benzene rings is 1. The van der Waals surface area contributed by atoms with Gasteiger partial charge in [-0.1, -0.05) is 17.7 Å². The van der Waals surface area contributed by atoms with Crippen LogP contribution >= 0.6 is 11.6 Å². The van der Waals surface area contributed by atoms with Gasteiger partial charge in [-0.3, -0.25) is 9.69 Å². The predicted octanol–water partition coefficient (Wildman–Crippen LogP) is 0.835. The van der Waals surface area contributed by atoms with Crippen molar-refractivity contribution in [2.75, 3.05) is 45.9 Å². The molecule has 6 heteroatoms. The molecule has 1 N–H and O–H groups in total. The fourth-order valence-electron chi connectivity index (χ4n) is 2.73. The number of piperazine rings is 1. The van der Waals surface area contributed by atoms with Gasteiger partial charge in [-0.05, 0) is 18.2 Å². The van der Waals surface area contributed by atoms with E-state index in [0.29, 0.717) is 16.8 Å². The Kier molecular flexibility index (Phi) is 4.63. The Bertz CT molecular complexity index is 499. The van der Waals surface area contributed by atoms with Crippen molar-refractivity contribution < 1.29 is 9.53 Å². The summed E-state index contributed by atoms with van der Waals surface area (Å²) in [6, 6.07) is 7.63. The van der Waals surface area contributed by atoms with Crippen molar-refractivity contribution in [3.05, 3.63) is 29.3 Å². The molecule has 0 aliphatic carbocycles. The van der Waals surface area contributed by atoms with Gasteiger partial charge < -0.3 is 15.0 Å². The molecule has 114 valence electrons. The number of halogens is 1. The van der Waals surface area contributed by atoms with Crippen LogP contribution in [0.15, 0.2) is 24.3 Å². The second-order valence-electron chi connectivity index (χ2n) is 5.48. The Balaban J connectivity index is 1.41. The van der Waals surface area contributed by atoms with Crippen LogP contribution in [0, 0.1) is 0 Å². The zero-order chi connectivity index (χ0) is 14.7. The minimum absolute atomic E-state index is 0.0429. The molecule has 0 saturated carbocycles. The molecule has 2 fully saturated rings. The molecule has 1 aromatic rings. The molecule has 0 bridgehead atoms. The van der Waals surface area contributed by atoms with Crippen molar-refractivity contribution >= 4 is 17.5 Å². The SMILES string of the molecule is O=C(COc1cccc(Cl)c1)N1CC(N2CCNCC2)C1. The van der Waals surface area contributed by atoms with Gasteiger partial charge in [0.1, 0.15) is 5.75 Å². The van der Waals surface area contributed by atoms with Crippen LogP contribution in [-0.4, -0.2) is 67.6 Å². The summed E-state index contributed by atoms with van der Waals surface area (Å²) in [6.45, 7) is 5.95. The Morgan fingerprint density at radius 3 is 2.81 bits per heavy atom. The highest BCUT2D eigenvalue weighted by Crippen LogP contribution is 2.19. The third kappa shape index (κ3) is 3.67. The lowest BCUT2D eigenvalue weighted by atomic mass is 10.1. The number of carbonyl (C=O) groups excluding carboxylic acids is 1. The molecule has 3 rings (SSSR count). The quantitative estimate of drug-likeness (QED) is 0.895. The topological polar surface area (TPSA) is 44.8 Å². The number of hydrogen-bond acceptors (Lipinski definition) is 4. The highest BCUT2D eigenvalue weighted by atomic mass is 35.5. The Labute approximate surface area is 129 Å². The summed E-state index contributed by atoms with van der Waals surface area (Å²) >= 11 is 5.88. The maximum atomic E-state index is 12.0. The minimum Gasteiger partial charge on any atom is -0.484 e. The van der Waals surface area contributed by atoms with Gasteiger partial charge in [0.2, 0.25) is 0 Å². The van der Waals surface area contributed by atoms with Gasteiger partial charge in [0.05, 0.1) is 0 Å². The van der Waals surface area contributed by atoms with Crippen molar-refractivity contribution in [1.82, 2.24) is 15.1 Å². The van der Waals surface area contributed by atoms with E-state index in [1.54, 1.807) is 18.2 Å². The molecule has 2 saturated heterocycles. The molecule has 0 spiro atoms. The van der Waals surface area contributed by atoms with Gasteiger partial charge >= 0.3 is 0 Å². The lowest BCUT2D eigenvalue weighted by molar-refractivity contribution is -0.141. The summed E-state index contributed by atoms with van der Waals surface area (Å²) in [5.74, 6) is 0.677. The average Bonchev–Trinajstić information content (AvgIpc) is 2.45. The van der Waals surface area contributed by atoms with Crippen LogP contribution in [0.5, 0.6) is 5.75 Å². The van der Waals surface area contributed by atoms with Crippen LogP contribution in [0.25, 0.3) is 0 Å². The van der Waals surface area contributed by atoms with Crippen LogP contribution in [0.3, 0.4) is 0 Å². The molecule has 1 amide bonds. The fraction of sp³-hybridized carbons (Fsp3) is 0.533. The number of amides is 1. The van der Waals surface area contributed by atoms with Crippen molar-refractivity contribution in [3.8, 4) is 5.75 Å². The number of ether oxygens (including phenoxy) is 1. The molecule has 2 aliphatic heterocycles. The van der Waals surface area contributed by atoms with E-state index in [9.17, 15) is 4.79 Å². The van der Waals surface area contributed by atoms with Gasteiger partial charge in [-0.2, -0.15) is 0 Å². The van der Waals surface area contributed by atoms with Gasteiger partial charge in [-0.15, -0.1) is 0 Å². The van der Waals surface area contributed by atoms with E-state index in [1.807, 2.05) is 11.0 Å². The normalized spacial score (nSPS) is 20.1. The largest absolute Gasteiger partial charge is 0.484 e. The first-order valence-electron chi connectivity index (χ1n) is 7.33. The Hall–Kier alpha value is -1.30. The summed E-state index contributed by atoms with van der Waals surface area (Å²) in [5.41, 5.74) is 0. The van der Waals surface area contributed by atoms with E-state index in [1.165, 1.54) is 0 Å². The number of nitrogens with one attached hydrogen (secondary N) is 1. The molecule has 21 heavy (non-hydrogen) atoms. The highest BCUT2D eigenvalue weighted by molar-refractivity contribution is 6.30. The molecular formula is C15H20ClN3O2. The highest BCUT2D eigenvalue weighted by Gasteiger charge is 2.35. The minimum atomic E-state index is 0.0429. The monoisotopic (exact) mass is 309 g/mol. The number of likely N-dealkylation sites (tertiary alicyclic amines) is 1. The molecule has 0 atom stereocenters. The maximum Gasteiger partial charge on any atom is 0.260 e. The van der Waals surface area contributed by atoms with Crippen LogP contribution in [0.1, 0.15) is 0 Å². The van der Waals surface area contributed by atoms with E-state index >= 15 is 0 Å². The molecule has 2 heterocycles. The van der Waals surface area contributed by atoms with Crippen molar-refractivity contribution in [2.24, 2.45) is 0 Å². The molecule has 0 radical (unpaired) electrons. The standard InChI is InChI=1S/C15H20ClN3O2/c16-12-2-1-3-14(8-12)21-11-15(20)19-9-13(10-19)18-6-4-17-5-7-18/h1-3,8,13,17H,4-7,9-11H2. The maximum absolute atomic E-state index is 12.0. The summed E-state index contributed by atoms with van der Waals surface area (Å²) in [6.07, 6.45) is 0. The molecule has 0 aromatic heterocycles. The first-order chi connectivity index (χ1) is 10.2. The van der Waals surface area contributed by atoms with E-state index in [2.05, 4.69) is 10.2 Å². The van der Waals surface area contributed by atoms with Crippen LogP contribution in [0.2, 0.25) is 5.02 Å². The van der Waals surface area contributed by atoms with Crippen molar-refractivity contribution in [3.63, 3.8) is 0 Å². The predicted molar refractivity (Wildman–Crippen MR) is 81.8 cm³/mol. The van der Waals surface area contributed by atoms with E-state index in [-0.39, 0.29) is 12.5 Å². The average molecular weight is 310 g/mol. The van der Waals surface area contributed by atoms with E-state index in [4.69, 9.17) is 16.3 Å². The smallest absolute Gasteiger partial charge is 0.260 e. The molecular weight excluding hydrogens is 290 g/mol. The molecule has 5 nitrogen and oxygen atoms in total. The van der Waals surface area contributed by atoms with Gasteiger partial charge in [0.25, 0.3) is 5.91 Å². The van der Waals surface area contributed by atoms with Gasteiger partial charge in [0.15, 0.2) is 6.61 Å². The lowest BCUT2D eigenvalue weighted by Gasteiger charge is -2.46. The van der Waals surface area contributed by atoms with Crippen LogP contribution < -0.4 is 10.1 Å². The fourth-order valence-corrected chi connectivity index (χ4v) is 2.91. The van der Waals surface area contributed by atoms with Crippen molar-refractivity contribution in [1.29, 1.82) is 0 Å². The first kappa shape index (κ1) is 14.6. The van der Waals surface area contributed by atoms with E-state index < -0.39 is 0 Å². The molecule has 2 aliphatic rings. The number of carbonyl (C=O) groups is 1. The number of rotatable bonds is 4. The second-order valence-corrected chi connectivity index (χ2v) is 5.92. The van der Waals surface area contributed by atoms with Gasteiger partial charge in [-0.25, -0.2) is 0 Å². The Morgan fingerprint density at radius 2 is 2.10 bits per heavy atom. The third-order valence-corrected chi connectivity index (χ3v) is 4.28. The third-order valence-electron chi connectivity index (χ3n) is 4.04. The summed E-state index contributed by atoms with van der Waals surface area (Å²) in [4.78, 5) is 16.4. The number of nitrogens with zero attached hydrogens (tertiary/aromatic N) is 2. The lowest BCUT2D eigenvalue weighted by Crippen LogP contribution is -2.64. The van der Waals surface area contributed by atoms with Gasteiger partial charge in [0, 0.05) is 50.3 Å². The second kappa shape index (κ2) is 6.64. The van der Waals surface area contributed by atoms with E-state index in [0.717, 1.165) is 39.3 Å². The summed E-state index contributed by atoms with van der Waals surface area (Å²) in [5, 5.41) is 3.96. The van der Waals surface area contributed by atoms with Crippen LogP contribution in [-0.2, 0) is 4.79 Å². The molecule has 0 unspecified atom stereocenters. The summed E-state index contributed by atoms with van der Waals surface area (Å²) < 4.78 is 5.49.